The Morgan fingerprint density at radius 1 is 1.06 bits per heavy atom. The van der Waals surface area contributed by atoms with Gasteiger partial charge in [0, 0.05) is 12.0 Å². The van der Waals surface area contributed by atoms with E-state index < -0.39 is 0 Å². The molecule has 0 bridgehead atoms. The Labute approximate surface area is 109 Å². The van der Waals surface area contributed by atoms with Crippen LogP contribution < -0.4 is 15.2 Å². The van der Waals surface area contributed by atoms with Gasteiger partial charge in [-0.3, -0.25) is 0 Å². The fraction of sp³-hybridized carbons (Fsp3) is 0.600. The first-order valence-corrected chi connectivity index (χ1v) is 6.75. The van der Waals surface area contributed by atoms with E-state index in [0.29, 0.717) is 0 Å². The monoisotopic (exact) mass is 249 g/mol. The van der Waals surface area contributed by atoms with Gasteiger partial charge >= 0.3 is 0 Å². The second-order valence-electron chi connectivity index (χ2n) is 5.23. The molecule has 0 unspecified atom stereocenters. The Kier molecular flexibility index (Phi) is 4.48. The standard InChI is InChI=1S/C15H23NO2/c1-17-13-5-7-14(8-6-13)18-12-15(11-16)9-3-2-4-10-15/h5-8H,2-4,9-12,16H2,1H3. The second kappa shape index (κ2) is 6.10. The Morgan fingerprint density at radius 2 is 1.67 bits per heavy atom. The maximum atomic E-state index is 5.95. The molecule has 0 heterocycles. The molecule has 0 amide bonds. The van der Waals surface area contributed by atoms with Gasteiger partial charge in [0.05, 0.1) is 13.7 Å². The largest absolute Gasteiger partial charge is 0.497 e. The van der Waals surface area contributed by atoms with Crippen molar-refractivity contribution in [3.05, 3.63) is 24.3 Å². The molecule has 1 saturated carbocycles. The van der Waals surface area contributed by atoms with E-state index in [2.05, 4.69) is 0 Å². The molecule has 1 aromatic carbocycles. The van der Waals surface area contributed by atoms with E-state index in [1.54, 1.807) is 7.11 Å². The smallest absolute Gasteiger partial charge is 0.119 e. The molecular weight excluding hydrogens is 226 g/mol. The third-order valence-electron chi connectivity index (χ3n) is 3.95. The SMILES string of the molecule is COc1ccc(OCC2(CN)CCCCC2)cc1. The van der Waals surface area contributed by atoms with Gasteiger partial charge < -0.3 is 15.2 Å². The van der Waals surface area contributed by atoms with Gasteiger partial charge in [-0.1, -0.05) is 19.3 Å². The third-order valence-corrected chi connectivity index (χ3v) is 3.95. The molecule has 0 atom stereocenters. The molecule has 2 N–H and O–H groups in total. The quantitative estimate of drug-likeness (QED) is 0.872. The van der Waals surface area contributed by atoms with Crippen molar-refractivity contribution >= 4 is 0 Å². The van der Waals surface area contributed by atoms with Crippen LogP contribution in [0.1, 0.15) is 32.1 Å². The first-order valence-electron chi connectivity index (χ1n) is 6.75. The predicted octanol–water partition coefficient (Wildman–Crippen LogP) is 2.98. The summed E-state index contributed by atoms with van der Waals surface area (Å²) in [6, 6.07) is 7.74. The summed E-state index contributed by atoms with van der Waals surface area (Å²) in [7, 11) is 1.67. The van der Waals surface area contributed by atoms with Crippen LogP contribution in [0.3, 0.4) is 0 Å². The topological polar surface area (TPSA) is 44.5 Å². The van der Waals surface area contributed by atoms with Crippen molar-refractivity contribution in [1.82, 2.24) is 0 Å². The minimum atomic E-state index is 0.193. The summed E-state index contributed by atoms with van der Waals surface area (Å²) in [5, 5.41) is 0. The van der Waals surface area contributed by atoms with E-state index in [0.717, 1.165) is 24.7 Å². The van der Waals surface area contributed by atoms with E-state index in [4.69, 9.17) is 15.2 Å². The Hall–Kier alpha value is -1.22. The minimum absolute atomic E-state index is 0.193. The van der Waals surface area contributed by atoms with Gasteiger partial charge in [-0.05, 0) is 37.1 Å². The molecule has 0 aromatic heterocycles. The summed E-state index contributed by atoms with van der Waals surface area (Å²) in [4.78, 5) is 0. The summed E-state index contributed by atoms with van der Waals surface area (Å²) in [6.45, 7) is 1.46. The molecule has 18 heavy (non-hydrogen) atoms. The van der Waals surface area contributed by atoms with Crippen molar-refractivity contribution in [2.45, 2.75) is 32.1 Å². The zero-order chi connectivity index (χ0) is 12.8. The van der Waals surface area contributed by atoms with Crippen LogP contribution in [0.4, 0.5) is 0 Å². The summed E-state index contributed by atoms with van der Waals surface area (Å²) in [5.74, 6) is 1.75. The van der Waals surface area contributed by atoms with Gasteiger partial charge in [-0.2, -0.15) is 0 Å². The maximum absolute atomic E-state index is 5.95. The van der Waals surface area contributed by atoms with E-state index in [-0.39, 0.29) is 5.41 Å². The Balaban J connectivity index is 1.92. The zero-order valence-electron chi connectivity index (χ0n) is 11.2. The highest BCUT2D eigenvalue weighted by atomic mass is 16.5. The number of benzene rings is 1. The first kappa shape index (κ1) is 13.2. The van der Waals surface area contributed by atoms with Crippen molar-refractivity contribution < 1.29 is 9.47 Å². The van der Waals surface area contributed by atoms with Gasteiger partial charge in [0.2, 0.25) is 0 Å². The van der Waals surface area contributed by atoms with Crippen molar-refractivity contribution in [1.29, 1.82) is 0 Å². The van der Waals surface area contributed by atoms with Crippen molar-refractivity contribution in [3.8, 4) is 11.5 Å². The Morgan fingerprint density at radius 3 is 2.22 bits per heavy atom. The van der Waals surface area contributed by atoms with Gasteiger partial charge in [-0.15, -0.1) is 0 Å². The average molecular weight is 249 g/mol. The number of nitrogens with two attached hydrogens (primary N) is 1. The lowest BCUT2D eigenvalue weighted by molar-refractivity contribution is 0.105. The molecule has 0 spiro atoms. The molecule has 1 aromatic rings. The molecule has 3 nitrogen and oxygen atoms in total. The molecule has 0 saturated heterocycles. The second-order valence-corrected chi connectivity index (χ2v) is 5.23. The van der Waals surface area contributed by atoms with E-state index in [1.165, 1.54) is 32.1 Å². The first-order chi connectivity index (χ1) is 8.78. The number of hydrogen-bond donors (Lipinski definition) is 1. The number of rotatable bonds is 5. The van der Waals surface area contributed by atoms with E-state index in [1.807, 2.05) is 24.3 Å². The molecule has 1 aliphatic carbocycles. The van der Waals surface area contributed by atoms with Crippen LogP contribution in [0.5, 0.6) is 11.5 Å². The lowest BCUT2D eigenvalue weighted by Crippen LogP contribution is -2.38. The van der Waals surface area contributed by atoms with Crippen molar-refractivity contribution in [2.75, 3.05) is 20.3 Å². The zero-order valence-corrected chi connectivity index (χ0v) is 11.2. The van der Waals surface area contributed by atoms with Crippen LogP contribution in [0.25, 0.3) is 0 Å². The van der Waals surface area contributed by atoms with Crippen LogP contribution in [0.2, 0.25) is 0 Å². The van der Waals surface area contributed by atoms with Crippen LogP contribution >= 0.6 is 0 Å². The predicted molar refractivity (Wildman–Crippen MR) is 73.1 cm³/mol. The highest BCUT2D eigenvalue weighted by molar-refractivity contribution is 5.31. The van der Waals surface area contributed by atoms with Crippen molar-refractivity contribution in [2.24, 2.45) is 11.1 Å². The molecule has 1 aliphatic rings. The fourth-order valence-electron chi connectivity index (χ4n) is 2.62. The molecule has 2 rings (SSSR count). The van der Waals surface area contributed by atoms with Crippen molar-refractivity contribution in [3.63, 3.8) is 0 Å². The molecule has 3 heteroatoms. The van der Waals surface area contributed by atoms with Crippen LogP contribution in [0.15, 0.2) is 24.3 Å². The summed E-state index contributed by atoms with van der Waals surface area (Å²) < 4.78 is 11.0. The molecule has 100 valence electrons. The van der Waals surface area contributed by atoms with Crippen LogP contribution in [0, 0.1) is 5.41 Å². The lowest BCUT2D eigenvalue weighted by atomic mass is 9.75. The lowest BCUT2D eigenvalue weighted by Gasteiger charge is -2.35. The van der Waals surface area contributed by atoms with E-state index >= 15 is 0 Å². The summed E-state index contributed by atoms with van der Waals surface area (Å²) >= 11 is 0. The number of methoxy groups -OCH3 is 1. The Bertz CT molecular complexity index is 355. The minimum Gasteiger partial charge on any atom is -0.497 e. The summed E-state index contributed by atoms with van der Waals surface area (Å²) in [5.41, 5.74) is 6.14. The number of ether oxygens (including phenoxy) is 2. The average Bonchev–Trinajstić information content (AvgIpc) is 2.47. The maximum Gasteiger partial charge on any atom is 0.119 e. The molecule has 1 fully saturated rings. The highest BCUT2D eigenvalue weighted by Crippen LogP contribution is 2.35. The number of hydrogen-bond acceptors (Lipinski definition) is 3. The molecule has 0 aliphatic heterocycles. The van der Waals surface area contributed by atoms with Gasteiger partial charge in [0.25, 0.3) is 0 Å². The molecule has 0 radical (unpaired) electrons. The van der Waals surface area contributed by atoms with Gasteiger partial charge in [0.15, 0.2) is 0 Å². The summed E-state index contributed by atoms with van der Waals surface area (Å²) in [6.07, 6.45) is 6.29. The normalized spacial score (nSPS) is 18.3. The van der Waals surface area contributed by atoms with Crippen LogP contribution in [-0.2, 0) is 0 Å². The molecular formula is C15H23NO2. The van der Waals surface area contributed by atoms with Gasteiger partial charge in [-0.25, -0.2) is 0 Å². The third kappa shape index (κ3) is 3.16. The van der Waals surface area contributed by atoms with Crippen LogP contribution in [-0.4, -0.2) is 20.3 Å². The van der Waals surface area contributed by atoms with Gasteiger partial charge in [0.1, 0.15) is 11.5 Å². The van der Waals surface area contributed by atoms with E-state index in [9.17, 15) is 0 Å². The fourth-order valence-corrected chi connectivity index (χ4v) is 2.62. The highest BCUT2D eigenvalue weighted by Gasteiger charge is 2.31.